The molecule has 0 saturated heterocycles. The molecule has 7 heteroatoms. The minimum absolute atomic E-state index is 0.0845. The first-order valence-electron chi connectivity index (χ1n) is 11.6. The number of alkyl halides is 3. The summed E-state index contributed by atoms with van der Waals surface area (Å²) < 4.78 is 39.2. The number of hydrogen-bond donors (Lipinski definition) is 3. The molecule has 1 unspecified atom stereocenters. The molecule has 34 heavy (non-hydrogen) atoms. The average Bonchev–Trinajstić information content (AvgIpc) is 3.11. The first kappa shape index (κ1) is 26.2. The van der Waals surface area contributed by atoms with Crippen LogP contribution in [0.2, 0.25) is 0 Å². The highest BCUT2D eigenvalue weighted by Crippen LogP contribution is 2.54. The van der Waals surface area contributed by atoms with Gasteiger partial charge in [0, 0.05) is 24.0 Å². The first-order chi connectivity index (χ1) is 16.2. The number of hydrogen-bond acceptors (Lipinski definition) is 4. The zero-order valence-corrected chi connectivity index (χ0v) is 20.5. The molecule has 2 aromatic rings. The Morgan fingerprint density at radius 2 is 1.59 bits per heavy atom. The summed E-state index contributed by atoms with van der Waals surface area (Å²) in [5.74, 6) is 0.982. The summed E-state index contributed by atoms with van der Waals surface area (Å²) in [5, 5.41) is 5.94. The minimum Gasteiger partial charge on any atom is -0.388 e. The molecule has 1 atom stereocenters. The van der Waals surface area contributed by atoms with E-state index in [-0.39, 0.29) is 6.04 Å². The van der Waals surface area contributed by atoms with Crippen molar-refractivity contribution in [3.8, 4) is 11.1 Å². The van der Waals surface area contributed by atoms with Crippen molar-refractivity contribution in [2.45, 2.75) is 43.3 Å². The SMILES string of the molecule is C=C(NCCCCC1(C(=C)NCC(F)(F)F)c2ccccc2-c2ccccc21)C(N)CCSC. The molecule has 2 aromatic carbocycles. The number of thioether (sulfide) groups is 1. The molecule has 0 radical (unpaired) electrons. The van der Waals surface area contributed by atoms with Crippen LogP contribution in [0.3, 0.4) is 0 Å². The summed E-state index contributed by atoms with van der Waals surface area (Å²) in [6.07, 6.45) is 0.894. The Balaban J connectivity index is 1.77. The summed E-state index contributed by atoms with van der Waals surface area (Å²) in [5.41, 5.74) is 10.8. The van der Waals surface area contributed by atoms with Gasteiger partial charge in [-0.3, -0.25) is 0 Å². The summed E-state index contributed by atoms with van der Waals surface area (Å²) in [7, 11) is 0. The fraction of sp³-hybridized carbons (Fsp3) is 0.407. The van der Waals surface area contributed by atoms with Crippen molar-refractivity contribution in [1.82, 2.24) is 10.6 Å². The van der Waals surface area contributed by atoms with Gasteiger partial charge in [-0.1, -0.05) is 68.1 Å². The van der Waals surface area contributed by atoms with Gasteiger partial charge in [0.1, 0.15) is 6.54 Å². The molecule has 0 amide bonds. The smallest absolute Gasteiger partial charge is 0.388 e. The lowest BCUT2D eigenvalue weighted by Gasteiger charge is -2.35. The molecule has 1 aliphatic rings. The van der Waals surface area contributed by atoms with Gasteiger partial charge in [0.05, 0.1) is 5.41 Å². The Morgan fingerprint density at radius 1 is 1.00 bits per heavy atom. The van der Waals surface area contributed by atoms with Crippen molar-refractivity contribution in [2.24, 2.45) is 5.73 Å². The number of allylic oxidation sites excluding steroid dienone is 1. The Bertz CT molecular complexity index is 957. The molecule has 1 aliphatic carbocycles. The highest BCUT2D eigenvalue weighted by atomic mass is 32.2. The number of fused-ring (bicyclic) bond motifs is 3. The Morgan fingerprint density at radius 3 is 2.15 bits per heavy atom. The molecule has 3 nitrogen and oxygen atoms in total. The second-order valence-electron chi connectivity index (χ2n) is 8.74. The number of benzene rings is 2. The number of halogens is 3. The van der Waals surface area contributed by atoms with Crippen molar-refractivity contribution in [3.63, 3.8) is 0 Å². The van der Waals surface area contributed by atoms with Crippen molar-refractivity contribution >= 4 is 11.8 Å². The Hall–Kier alpha value is -2.38. The van der Waals surface area contributed by atoms with Crippen LogP contribution in [0.1, 0.15) is 36.8 Å². The maximum absolute atomic E-state index is 13.1. The normalized spacial score (nSPS) is 14.7. The second-order valence-corrected chi connectivity index (χ2v) is 9.73. The summed E-state index contributed by atoms with van der Waals surface area (Å²) in [6.45, 7) is 7.80. The standard InChI is InChI=1S/C27H34F3N3S/c1-19(25(31)14-17-34-3)32-16-9-8-15-26(20(2)33-18-27(28,29)30)23-12-6-4-10-21(23)22-11-5-7-13-24(22)26/h4-7,10-13,25,32-33H,1-2,8-9,14-18,31H2,3H3. The van der Waals surface area contributed by atoms with Crippen LogP contribution in [0.5, 0.6) is 0 Å². The van der Waals surface area contributed by atoms with Gasteiger partial charge in [0.15, 0.2) is 0 Å². The summed E-state index contributed by atoms with van der Waals surface area (Å²) in [4.78, 5) is 0. The van der Waals surface area contributed by atoms with E-state index in [2.05, 4.69) is 30.0 Å². The van der Waals surface area contributed by atoms with Crippen molar-refractivity contribution in [2.75, 3.05) is 25.1 Å². The van der Waals surface area contributed by atoms with Gasteiger partial charge in [-0.2, -0.15) is 24.9 Å². The van der Waals surface area contributed by atoms with Crippen LogP contribution in [0.4, 0.5) is 13.2 Å². The van der Waals surface area contributed by atoms with Gasteiger partial charge in [-0.15, -0.1) is 0 Å². The monoisotopic (exact) mass is 489 g/mol. The predicted octanol–water partition coefficient (Wildman–Crippen LogP) is 5.97. The largest absolute Gasteiger partial charge is 0.405 e. The molecular weight excluding hydrogens is 455 g/mol. The topological polar surface area (TPSA) is 50.1 Å². The molecule has 0 aromatic heterocycles. The lowest BCUT2D eigenvalue weighted by atomic mass is 9.72. The van der Waals surface area contributed by atoms with E-state index < -0.39 is 18.1 Å². The van der Waals surface area contributed by atoms with Crippen molar-refractivity contribution in [3.05, 3.63) is 84.2 Å². The van der Waals surface area contributed by atoms with Gasteiger partial charge in [-0.05, 0) is 53.5 Å². The lowest BCUT2D eigenvalue weighted by molar-refractivity contribution is -0.123. The molecule has 3 rings (SSSR count). The molecule has 0 spiro atoms. The molecule has 4 N–H and O–H groups in total. The van der Waals surface area contributed by atoms with E-state index in [9.17, 15) is 13.2 Å². The van der Waals surface area contributed by atoms with Crippen LogP contribution >= 0.6 is 11.8 Å². The van der Waals surface area contributed by atoms with Crippen LogP contribution in [-0.2, 0) is 5.41 Å². The third-order valence-electron chi connectivity index (χ3n) is 6.49. The zero-order valence-electron chi connectivity index (χ0n) is 19.7. The van der Waals surface area contributed by atoms with Crippen molar-refractivity contribution < 1.29 is 13.2 Å². The number of rotatable bonds is 13. The maximum Gasteiger partial charge on any atom is 0.405 e. The van der Waals surface area contributed by atoms with Gasteiger partial charge in [0.25, 0.3) is 0 Å². The maximum atomic E-state index is 13.1. The average molecular weight is 490 g/mol. The molecular formula is C27H34F3N3S. The third kappa shape index (κ3) is 5.81. The Kier molecular flexibility index (Phi) is 8.77. The molecule has 0 saturated carbocycles. The van der Waals surface area contributed by atoms with Crippen LogP contribution in [0.15, 0.2) is 73.1 Å². The molecule has 0 heterocycles. The quantitative estimate of drug-likeness (QED) is 0.303. The van der Waals surface area contributed by atoms with E-state index >= 15 is 0 Å². The molecule has 0 aliphatic heterocycles. The van der Waals surface area contributed by atoms with Crippen LogP contribution < -0.4 is 16.4 Å². The van der Waals surface area contributed by atoms with E-state index in [1.807, 2.05) is 48.5 Å². The summed E-state index contributed by atoms with van der Waals surface area (Å²) >= 11 is 1.76. The van der Waals surface area contributed by atoms with E-state index in [0.29, 0.717) is 18.7 Å². The second kappa shape index (κ2) is 11.4. The van der Waals surface area contributed by atoms with Gasteiger partial charge in [-0.25, -0.2) is 0 Å². The van der Waals surface area contributed by atoms with Gasteiger partial charge >= 0.3 is 6.18 Å². The third-order valence-corrected chi connectivity index (χ3v) is 7.14. The minimum atomic E-state index is -4.32. The van der Waals surface area contributed by atoms with E-state index in [1.165, 1.54) is 0 Å². The van der Waals surface area contributed by atoms with Gasteiger partial charge in [0.2, 0.25) is 0 Å². The molecule has 184 valence electrons. The van der Waals surface area contributed by atoms with E-state index in [0.717, 1.165) is 53.0 Å². The van der Waals surface area contributed by atoms with Gasteiger partial charge < -0.3 is 16.4 Å². The highest BCUT2D eigenvalue weighted by Gasteiger charge is 2.45. The van der Waals surface area contributed by atoms with Crippen LogP contribution in [0.25, 0.3) is 11.1 Å². The summed E-state index contributed by atoms with van der Waals surface area (Å²) in [6, 6.07) is 15.8. The van der Waals surface area contributed by atoms with E-state index in [4.69, 9.17) is 5.73 Å². The highest BCUT2D eigenvalue weighted by molar-refractivity contribution is 7.98. The number of nitrogens with two attached hydrogens (primary N) is 1. The fourth-order valence-corrected chi connectivity index (χ4v) is 5.23. The molecule has 0 bridgehead atoms. The lowest BCUT2D eigenvalue weighted by Crippen LogP contribution is -2.39. The first-order valence-corrected chi connectivity index (χ1v) is 13.0. The zero-order chi connectivity index (χ0) is 24.8. The molecule has 0 fully saturated rings. The number of nitrogens with one attached hydrogen (secondary N) is 2. The fourth-order valence-electron chi connectivity index (χ4n) is 4.74. The van der Waals surface area contributed by atoms with Crippen LogP contribution in [0, 0.1) is 0 Å². The Labute approximate surface area is 205 Å². The predicted molar refractivity (Wildman–Crippen MR) is 138 cm³/mol. The van der Waals surface area contributed by atoms with Crippen molar-refractivity contribution in [1.29, 1.82) is 0 Å². The van der Waals surface area contributed by atoms with Crippen LogP contribution in [-0.4, -0.2) is 37.3 Å². The number of unbranched alkanes of at least 4 members (excludes halogenated alkanes) is 1. The van der Waals surface area contributed by atoms with E-state index in [1.54, 1.807) is 11.8 Å².